The minimum atomic E-state index is 0.261. The Kier molecular flexibility index (Phi) is 4.18. The van der Waals surface area contributed by atoms with Crippen LogP contribution in [0.2, 0.25) is 0 Å². The maximum atomic E-state index is 5.54. The summed E-state index contributed by atoms with van der Waals surface area (Å²) >= 11 is 0. The van der Waals surface area contributed by atoms with Gasteiger partial charge in [0.05, 0.1) is 6.10 Å². The largest absolute Gasteiger partial charge is 0.381 e. The van der Waals surface area contributed by atoms with Crippen LogP contribution in [0.3, 0.4) is 0 Å². The highest BCUT2D eigenvalue weighted by molar-refractivity contribution is 5.44. The van der Waals surface area contributed by atoms with Crippen LogP contribution in [-0.4, -0.2) is 43.4 Å². The summed E-state index contributed by atoms with van der Waals surface area (Å²) in [6.45, 7) is 6.88. The highest BCUT2D eigenvalue weighted by Crippen LogP contribution is 2.42. The molecule has 3 rings (SSSR count). The summed E-state index contributed by atoms with van der Waals surface area (Å²) in [6, 6.07) is 5.45. The molecule has 2 fully saturated rings. The summed E-state index contributed by atoms with van der Waals surface area (Å²) in [4.78, 5) is 6.56. The Morgan fingerprint density at radius 2 is 1.90 bits per heavy atom. The summed E-state index contributed by atoms with van der Waals surface area (Å²) < 4.78 is 5.54. The molecule has 1 aromatic heterocycles. The molecule has 0 spiro atoms. The first-order valence-corrected chi connectivity index (χ1v) is 8.05. The van der Waals surface area contributed by atoms with Crippen LogP contribution >= 0.6 is 0 Å². The average molecular weight is 289 g/mol. The standard InChI is InChI=1S/C17H27N3O/c1-17(2)15(12-16(17)21-3)19-13-6-10-20(11-7-13)14-4-8-18-9-5-14/h4-5,8-9,13,15-16,19H,6-7,10-12H2,1-3H3. The number of aromatic nitrogens is 1. The molecule has 1 saturated heterocycles. The zero-order valence-electron chi connectivity index (χ0n) is 13.4. The Hall–Kier alpha value is -1.13. The second-order valence-corrected chi connectivity index (χ2v) is 6.97. The molecule has 4 nitrogen and oxygen atoms in total. The van der Waals surface area contributed by atoms with Gasteiger partial charge in [-0.3, -0.25) is 4.98 Å². The third-order valence-electron chi connectivity index (χ3n) is 5.42. The molecule has 1 aromatic rings. The molecule has 21 heavy (non-hydrogen) atoms. The van der Waals surface area contributed by atoms with Gasteiger partial charge in [-0.1, -0.05) is 13.8 Å². The Labute approximate surface area is 127 Å². The number of methoxy groups -OCH3 is 1. The summed E-state index contributed by atoms with van der Waals surface area (Å²) in [5.41, 5.74) is 1.56. The molecular formula is C17H27N3O. The Balaban J connectivity index is 1.49. The van der Waals surface area contributed by atoms with Crippen molar-refractivity contribution in [2.45, 2.75) is 51.3 Å². The molecule has 0 amide bonds. The van der Waals surface area contributed by atoms with E-state index >= 15 is 0 Å². The van der Waals surface area contributed by atoms with Crippen molar-refractivity contribution in [1.82, 2.24) is 10.3 Å². The zero-order chi connectivity index (χ0) is 14.9. The van der Waals surface area contributed by atoms with Crippen LogP contribution < -0.4 is 10.2 Å². The second kappa shape index (κ2) is 5.93. The van der Waals surface area contributed by atoms with Gasteiger partial charge >= 0.3 is 0 Å². The predicted octanol–water partition coefficient (Wildman–Crippen LogP) is 2.45. The van der Waals surface area contributed by atoms with Gasteiger partial charge in [0.15, 0.2) is 0 Å². The van der Waals surface area contributed by atoms with Crippen LogP contribution in [0.1, 0.15) is 33.1 Å². The van der Waals surface area contributed by atoms with E-state index in [2.05, 4.69) is 41.2 Å². The van der Waals surface area contributed by atoms with E-state index in [1.54, 1.807) is 0 Å². The first kappa shape index (κ1) is 14.8. The molecule has 1 saturated carbocycles. The van der Waals surface area contributed by atoms with Crippen LogP contribution in [0.4, 0.5) is 5.69 Å². The van der Waals surface area contributed by atoms with Gasteiger partial charge in [-0.25, -0.2) is 0 Å². The molecular weight excluding hydrogens is 262 g/mol. The van der Waals surface area contributed by atoms with E-state index in [9.17, 15) is 0 Å². The maximum absolute atomic E-state index is 5.54. The first-order valence-electron chi connectivity index (χ1n) is 8.05. The van der Waals surface area contributed by atoms with E-state index < -0.39 is 0 Å². The molecule has 0 bridgehead atoms. The van der Waals surface area contributed by atoms with Gasteiger partial charge in [-0.05, 0) is 31.4 Å². The van der Waals surface area contributed by atoms with Gasteiger partial charge < -0.3 is 15.0 Å². The molecule has 116 valence electrons. The van der Waals surface area contributed by atoms with Crippen molar-refractivity contribution in [1.29, 1.82) is 0 Å². The zero-order valence-corrected chi connectivity index (χ0v) is 13.4. The normalized spacial score (nSPS) is 29.2. The number of piperidine rings is 1. The van der Waals surface area contributed by atoms with Gasteiger partial charge in [0.25, 0.3) is 0 Å². The predicted molar refractivity (Wildman–Crippen MR) is 85.6 cm³/mol. The van der Waals surface area contributed by atoms with Crippen molar-refractivity contribution in [3.05, 3.63) is 24.5 Å². The van der Waals surface area contributed by atoms with Gasteiger partial charge in [-0.15, -0.1) is 0 Å². The smallest absolute Gasteiger partial charge is 0.0652 e. The number of pyridine rings is 1. The minimum Gasteiger partial charge on any atom is -0.381 e. The molecule has 0 radical (unpaired) electrons. The van der Waals surface area contributed by atoms with Crippen LogP contribution in [0.15, 0.2) is 24.5 Å². The number of hydrogen-bond acceptors (Lipinski definition) is 4. The fourth-order valence-corrected chi connectivity index (χ4v) is 3.71. The van der Waals surface area contributed by atoms with Crippen molar-refractivity contribution >= 4 is 5.69 Å². The molecule has 2 heterocycles. The third kappa shape index (κ3) is 2.92. The fraction of sp³-hybridized carbons (Fsp3) is 0.706. The number of nitrogens with zero attached hydrogens (tertiary/aromatic N) is 2. The van der Waals surface area contributed by atoms with Crippen LogP contribution in [0, 0.1) is 5.41 Å². The minimum absolute atomic E-state index is 0.261. The number of hydrogen-bond donors (Lipinski definition) is 1. The molecule has 1 aliphatic carbocycles. The second-order valence-electron chi connectivity index (χ2n) is 6.97. The van der Waals surface area contributed by atoms with Crippen molar-refractivity contribution in [2.75, 3.05) is 25.1 Å². The summed E-state index contributed by atoms with van der Waals surface area (Å²) in [5.74, 6) is 0. The number of rotatable bonds is 4. The van der Waals surface area contributed by atoms with Crippen molar-refractivity contribution in [3.8, 4) is 0 Å². The lowest BCUT2D eigenvalue weighted by Crippen LogP contribution is -2.63. The van der Waals surface area contributed by atoms with Gasteiger partial charge in [0.2, 0.25) is 0 Å². The Morgan fingerprint density at radius 3 is 2.48 bits per heavy atom. The summed E-state index contributed by atoms with van der Waals surface area (Å²) in [7, 11) is 1.83. The average Bonchev–Trinajstić information content (AvgIpc) is 2.52. The first-order chi connectivity index (χ1) is 10.1. The van der Waals surface area contributed by atoms with Gasteiger partial charge in [0.1, 0.15) is 0 Å². The van der Waals surface area contributed by atoms with Crippen molar-refractivity contribution in [3.63, 3.8) is 0 Å². The SMILES string of the molecule is COC1CC(NC2CCN(c3ccncc3)CC2)C1(C)C. The molecule has 1 N–H and O–H groups in total. The van der Waals surface area contributed by atoms with E-state index in [-0.39, 0.29) is 5.41 Å². The van der Waals surface area contributed by atoms with E-state index in [4.69, 9.17) is 4.74 Å². The van der Waals surface area contributed by atoms with E-state index in [1.807, 2.05) is 19.5 Å². The molecule has 2 atom stereocenters. The lowest BCUT2D eigenvalue weighted by molar-refractivity contribution is -0.101. The molecule has 0 aromatic carbocycles. The quantitative estimate of drug-likeness (QED) is 0.924. The van der Waals surface area contributed by atoms with Gasteiger partial charge in [-0.2, -0.15) is 0 Å². The van der Waals surface area contributed by atoms with E-state index in [0.29, 0.717) is 18.2 Å². The van der Waals surface area contributed by atoms with Crippen LogP contribution in [0.25, 0.3) is 0 Å². The maximum Gasteiger partial charge on any atom is 0.0652 e. The number of nitrogens with one attached hydrogen (secondary N) is 1. The van der Waals surface area contributed by atoms with E-state index in [0.717, 1.165) is 19.5 Å². The monoisotopic (exact) mass is 289 g/mol. The van der Waals surface area contributed by atoms with Crippen molar-refractivity contribution in [2.24, 2.45) is 5.41 Å². The number of anilines is 1. The highest BCUT2D eigenvalue weighted by Gasteiger charge is 2.49. The molecule has 2 aliphatic rings. The van der Waals surface area contributed by atoms with Gasteiger partial charge in [0, 0.05) is 55.8 Å². The fourth-order valence-electron chi connectivity index (χ4n) is 3.71. The van der Waals surface area contributed by atoms with Crippen LogP contribution in [0.5, 0.6) is 0 Å². The summed E-state index contributed by atoms with van der Waals surface area (Å²) in [5, 5.41) is 3.86. The lowest BCUT2D eigenvalue weighted by atomic mass is 9.64. The topological polar surface area (TPSA) is 37.4 Å². The Morgan fingerprint density at radius 1 is 1.24 bits per heavy atom. The van der Waals surface area contributed by atoms with Crippen LogP contribution in [-0.2, 0) is 4.74 Å². The molecule has 1 aliphatic heterocycles. The van der Waals surface area contributed by atoms with E-state index in [1.165, 1.54) is 18.5 Å². The third-order valence-corrected chi connectivity index (χ3v) is 5.42. The number of ether oxygens (including phenoxy) is 1. The van der Waals surface area contributed by atoms with Crippen molar-refractivity contribution < 1.29 is 4.74 Å². The highest BCUT2D eigenvalue weighted by atomic mass is 16.5. The summed E-state index contributed by atoms with van der Waals surface area (Å²) in [6.07, 6.45) is 7.74. The molecule has 2 unspecified atom stereocenters. The lowest BCUT2D eigenvalue weighted by Gasteiger charge is -2.53. The molecule has 4 heteroatoms. The Bertz CT molecular complexity index is 454.